The molecule has 0 unspecified atom stereocenters. The molecule has 0 aliphatic carbocycles. The lowest BCUT2D eigenvalue weighted by Crippen LogP contribution is -2.32. The third-order valence-electron chi connectivity index (χ3n) is 1.70. The normalized spacial score (nSPS) is 11.1. The van der Waals surface area contributed by atoms with Crippen LogP contribution in [0.1, 0.15) is 0 Å². The molecule has 5 nitrogen and oxygen atoms in total. The molecule has 1 aromatic rings. The molecule has 82 valence electrons. The van der Waals surface area contributed by atoms with Crippen LogP contribution in [0.2, 0.25) is 19.6 Å². The first-order valence-electron chi connectivity index (χ1n) is 4.55. The van der Waals surface area contributed by atoms with Crippen molar-refractivity contribution < 1.29 is 10.0 Å². The number of nitrogens with one attached hydrogen (secondary N) is 1. The fourth-order valence-electron chi connectivity index (χ4n) is 1.14. The van der Waals surface area contributed by atoms with Crippen LogP contribution in [0.3, 0.4) is 0 Å². The molecule has 0 saturated carbocycles. The van der Waals surface area contributed by atoms with Crippen molar-refractivity contribution in [2.75, 3.05) is 4.98 Å². The van der Waals surface area contributed by atoms with E-state index in [0.717, 1.165) is 0 Å². The first-order chi connectivity index (χ1) is 6.79. The van der Waals surface area contributed by atoms with Crippen LogP contribution in [0.25, 0.3) is 0 Å². The van der Waals surface area contributed by atoms with E-state index in [-0.39, 0.29) is 11.4 Å². The van der Waals surface area contributed by atoms with Gasteiger partial charge in [-0.2, -0.15) is 0 Å². The van der Waals surface area contributed by atoms with E-state index in [1.807, 2.05) is 19.6 Å². The summed E-state index contributed by atoms with van der Waals surface area (Å²) in [5.41, 5.74) is 0.414. The van der Waals surface area contributed by atoms with E-state index in [2.05, 4.69) is 4.98 Å². The maximum Gasteiger partial charge on any atom is 0.271 e. The molecule has 0 radical (unpaired) electrons. The molecule has 15 heavy (non-hydrogen) atoms. The number of nitrogens with zero attached hydrogens (tertiary/aromatic N) is 1. The molecule has 0 heterocycles. The first kappa shape index (κ1) is 11.5. The van der Waals surface area contributed by atoms with Crippen molar-refractivity contribution in [1.29, 1.82) is 0 Å². The van der Waals surface area contributed by atoms with Crippen molar-refractivity contribution in [3.8, 4) is 5.75 Å². The highest BCUT2D eigenvalue weighted by atomic mass is 28.3. The summed E-state index contributed by atoms with van der Waals surface area (Å²) < 4.78 is 0. The van der Waals surface area contributed by atoms with Crippen LogP contribution in [0.15, 0.2) is 18.2 Å². The summed E-state index contributed by atoms with van der Waals surface area (Å²) in [7, 11) is -1.62. The number of hydrogen-bond acceptors (Lipinski definition) is 4. The molecule has 1 rings (SSSR count). The lowest BCUT2D eigenvalue weighted by molar-refractivity contribution is -0.384. The highest BCUT2D eigenvalue weighted by molar-refractivity contribution is 6.79. The number of phenolic OH excluding ortho intramolecular Hbond substituents is 1. The van der Waals surface area contributed by atoms with Gasteiger partial charge in [-0.25, -0.2) is 0 Å². The zero-order valence-corrected chi connectivity index (χ0v) is 9.94. The molecule has 0 aromatic heterocycles. The van der Waals surface area contributed by atoms with Gasteiger partial charge in [0.2, 0.25) is 0 Å². The Morgan fingerprint density at radius 3 is 2.47 bits per heavy atom. The van der Waals surface area contributed by atoms with Gasteiger partial charge in [-0.05, 0) is 6.07 Å². The smallest absolute Gasteiger partial charge is 0.271 e. The third kappa shape index (κ3) is 3.24. The minimum Gasteiger partial charge on any atom is -0.506 e. The number of anilines is 1. The Kier molecular flexibility index (Phi) is 2.99. The highest BCUT2D eigenvalue weighted by Gasteiger charge is 2.17. The minimum absolute atomic E-state index is 0.0199. The van der Waals surface area contributed by atoms with Crippen LogP contribution in [-0.2, 0) is 0 Å². The van der Waals surface area contributed by atoms with E-state index in [0.29, 0.717) is 5.69 Å². The summed E-state index contributed by atoms with van der Waals surface area (Å²) in [5, 5.41) is 20.1. The topological polar surface area (TPSA) is 75.4 Å². The van der Waals surface area contributed by atoms with Gasteiger partial charge in [-0.3, -0.25) is 10.1 Å². The highest BCUT2D eigenvalue weighted by Crippen LogP contribution is 2.29. The second kappa shape index (κ2) is 3.89. The molecular weight excluding hydrogens is 212 g/mol. The Morgan fingerprint density at radius 2 is 2.00 bits per heavy atom. The molecule has 0 atom stereocenters. The van der Waals surface area contributed by atoms with Crippen molar-refractivity contribution in [1.82, 2.24) is 0 Å². The number of nitro groups is 1. The molecule has 0 amide bonds. The van der Waals surface area contributed by atoms with Gasteiger partial charge in [-0.15, -0.1) is 0 Å². The maximum atomic E-state index is 10.5. The van der Waals surface area contributed by atoms with E-state index >= 15 is 0 Å². The standard InChI is InChI=1S/C9H14N2O3Si/c1-15(2,3)10-8-6-7(11(13)14)4-5-9(8)12/h4-6,10,12H,1-3H3. The monoisotopic (exact) mass is 226 g/mol. The van der Waals surface area contributed by atoms with Gasteiger partial charge < -0.3 is 10.1 Å². The fraction of sp³-hybridized carbons (Fsp3) is 0.333. The lowest BCUT2D eigenvalue weighted by Gasteiger charge is -2.20. The van der Waals surface area contributed by atoms with Crippen LogP contribution in [0.5, 0.6) is 5.75 Å². The Hall–Kier alpha value is -1.56. The number of hydrogen-bond donors (Lipinski definition) is 2. The largest absolute Gasteiger partial charge is 0.506 e. The zero-order valence-electron chi connectivity index (χ0n) is 8.94. The number of nitro benzene ring substituents is 1. The van der Waals surface area contributed by atoms with Crippen molar-refractivity contribution in [3.05, 3.63) is 28.3 Å². The Balaban J connectivity index is 3.06. The molecule has 0 aliphatic rings. The van der Waals surface area contributed by atoms with Crippen LogP contribution in [0.4, 0.5) is 11.4 Å². The Labute approximate surface area is 89.0 Å². The number of non-ortho nitro benzene ring substituents is 1. The lowest BCUT2D eigenvalue weighted by atomic mass is 10.2. The summed E-state index contributed by atoms with van der Waals surface area (Å²) in [5.74, 6) is 0.0445. The van der Waals surface area contributed by atoms with Gasteiger partial charge in [-0.1, -0.05) is 19.6 Å². The van der Waals surface area contributed by atoms with Crippen LogP contribution >= 0.6 is 0 Å². The summed E-state index contributed by atoms with van der Waals surface area (Å²) in [6.45, 7) is 6.14. The average molecular weight is 226 g/mol. The summed E-state index contributed by atoms with van der Waals surface area (Å²) in [4.78, 5) is 13.2. The van der Waals surface area contributed by atoms with Crippen molar-refractivity contribution in [2.24, 2.45) is 0 Å². The summed E-state index contributed by atoms with van der Waals surface area (Å²) in [6, 6.07) is 3.97. The van der Waals surface area contributed by atoms with E-state index in [4.69, 9.17) is 0 Å². The van der Waals surface area contributed by atoms with E-state index < -0.39 is 13.2 Å². The van der Waals surface area contributed by atoms with Crippen molar-refractivity contribution in [3.63, 3.8) is 0 Å². The Morgan fingerprint density at radius 1 is 1.40 bits per heavy atom. The van der Waals surface area contributed by atoms with E-state index in [1.165, 1.54) is 18.2 Å². The summed E-state index contributed by atoms with van der Waals surface area (Å²) in [6.07, 6.45) is 0. The number of benzene rings is 1. The molecule has 0 bridgehead atoms. The third-order valence-corrected chi connectivity index (χ3v) is 2.72. The van der Waals surface area contributed by atoms with Crippen LogP contribution in [-0.4, -0.2) is 18.3 Å². The van der Waals surface area contributed by atoms with Gasteiger partial charge in [0.05, 0.1) is 10.6 Å². The van der Waals surface area contributed by atoms with Crippen molar-refractivity contribution >= 4 is 19.6 Å². The molecule has 0 saturated heterocycles. The molecule has 2 N–H and O–H groups in total. The molecule has 1 aromatic carbocycles. The van der Waals surface area contributed by atoms with E-state index in [1.54, 1.807) is 0 Å². The molecular formula is C9H14N2O3Si. The average Bonchev–Trinajstić information content (AvgIpc) is 2.06. The van der Waals surface area contributed by atoms with E-state index in [9.17, 15) is 15.2 Å². The number of rotatable bonds is 3. The minimum atomic E-state index is -1.62. The predicted molar refractivity (Wildman–Crippen MR) is 61.7 cm³/mol. The molecule has 0 aliphatic heterocycles. The Bertz CT molecular complexity index is 387. The second-order valence-electron chi connectivity index (χ2n) is 4.33. The number of phenols is 1. The van der Waals surface area contributed by atoms with Gasteiger partial charge in [0.15, 0.2) is 0 Å². The number of aromatic hydroxyl groups is 1. The molecule has 0 spiro atoms. The van der Waals surface area contributed by atoms with Gasteiger partial charge in [0.25, 0.3) is 5.69 Å². The zero-order chi connectivity index (χ0) is 11.6. The molecule has 6 heteroatoms. The summed E-state index contributed by atoms with van der Waals surface area (Å²) >= 11 is 0. The van der Waals surface area contributed by atoms with Crippen LogP contribution in [0, 0.1) is 10.1 Å². The maximum absolute atomic E-state index is 10.5. The van der Waals surface area contributed by atoms with Gasteiger partial charge in [0.1, 0.15) is 14.0 Å². The van der Waals surface area contributed by atoms with Crippen LogP contribution < -0.4 is 4.98 Å². The first-order valence-corrected chi connectivity index (χ1v) is 8.05. The molecule has 0 fully saturated rings. The predicted octanol–water partition coefficient (Wildman–Crippen LogP) is 2.55. The van der Waals surface area contributed by atoms with Gasteiger partial charge >= 0.3 is 0 Å². The second-order valence-corrected chi connectivity index (χ2v) is 9.08. The van der Waals surface area contributed by atoms with Crippen molar-refractivity contribution in [2.45, 2.75) is 19.6 Å². The van der Waals surface area contributed by atoms with Gasteiger partial charge in [0, 0.05) is 12.1 Å². The SMILES string of the molecule is C[Si](C)(C)Nc1cc([N+](=O)[O-])ccc1O. The fourth-order valence-corrected chi connectivity index (χ4v) is 2.15. The quantitative estimate of drug-likeness (QED) is 0.359.